The molecule has 17 heavy (non-hydrogen) atoms. The molecule has 1 aliphatic heterocycles. The lowest BCUT2D eigenvalue weighted by Gasteiger charge is -2.09. The molecule has 92 valence electrons. The molecule has 1 aromatic rings. The first kappa shape index (κ1) is 12.4. The maximum absolute atomic E-state index is 11.6. The van der Waals surface area contributed by atoms with Crippen LogP contribution in [-0.2, 0) is 9.53 Å². The third-order valence-electron chi connectivity index (χ3n) is 2.63. The van der Waals surface area contributed by atoms with E-state index in [1.54, 1.807) is 12.4 Å². The Bertz CT molecular complexity index is 353. The molecule has 2 rings (SSSR count). The Balaban J connectivity index is 1.64. The summed E-state index contributed by atoms with van der Waals surface area (Å²) in [5.41, 5.74) is 0. The Morgan fingerprint density at radius 2 is 2.35 bits per heavy atom. The van der Waals surface area contributed by atoms with Crippen molar-refractivity contribution in [2.75, 3.05) is 25.5 Å². The summed E-state index contributed by atoms with van der Waals surface area (Å²) < 4.78 is 5.26. The van der Waals surface area contributed by atoms with Crippen molar-refractivity contribution < 1.29 is 9.53 Å². The van der Waals surface area contributed by atoms with Crippen LogP contribution in [0.1, 0.15) is 6.42 Å². The minimum atomic E-state index is 0.0821. The van der Waals surface area contributed by atoms with Crippen LogP contribution in [0.15, 0.2) is 29.4 Å². The molecule has 1 N–H and O–H groups in total. The monoisotopic (exact) mass is 252 g/mol. The summed E-state index contributed by atoms with van der Waals surface area (Å²) in [5, 5.41) is 2.94. The second-order valence-corrected chi connectivity index (χ2v) is 5.05. The van der Waals surface area contributed by atoms with E-state index >= 15 is 0 Å². The van der Waals surface area contributed by atoms with Gasteiger partial charge in [-0.3, -0.25) is 9.78 Å². The Morgan fingerprint density at radius 1 is 1.53 bits per heavy atom. The predicted molar refractivity (Wildman–Crippen MR) is 66.9 cm³/mol. The van der Waals surface area contributed by atoms with Gasteiger partial charge >= 0.3 is 0 Å². The molecule has 0 aromatic carbocycles. The fraction of sp³-hybridized carbons (Fsp3) is 0.500. The van der Waals surface area contributed by atoms with E-state index < -0.39 is 0 Å². The first-order valence-electron chi connectivity index (χ1n) is 5.72. The minimum absolute atomic E-state index is 0.0821. The standard InChI is InChI=1S/C12H16N2O2S/c15-12(14-7-10-3-6-16-8-10)9-17-11-1-4-13-5-2-11/h1-2,4-5,10H,3,6-9H2,(H,14,15)/t10-/m1/s1. The summed E-state index contributed by atoms with van der Waals surface area (Å²) in [6.07, 6.45) is 4.52. The third-order valence-corrected chi connectivity index (χ3v) is 3.64. The molecule has 1 fully saturated rings. The van der Waals surface area contributed by atoms with Crippen molar-refractivity contribution in [3.63, 3.8) is 0 Å². The SMILES string of the molecule is O=C(CSc1ccncc1)NC[C@H]1CCOC1. The highest BCUT2D eigenvalue weighted by Crippen LogP contribution is 2.15. The lowest BCUT2D eigenvalue weighted by atomic mass is 10.1. The van der Waals surface area contributed by atoms with E-state index in [9.17, 15) is 4.79 Å². The summed E-state index contributed by atoms with van der Waals surface area (Å²) in [4.78, 5) is 16.6. The molecular formula is C12H16N2O2S. The van der Waals surface area contributed by atoms with Gasteiger partial charge in [0, 0.05) is 36.4 Å². The number of rotatable bonds is 5. The molecular weight excluding hydrogens is 236 g/mol. The quantitative estimate of drug-likeness (QED) is 0.803. The largest absolute Gasteiger partial charge is 0.381 e. The van der Waals surface area contributed by atoms with Crippen molar-refractivity contribution >= 4 is 17.7 Å². The highest BCUT2D eigenvalue weighted by molar-refractivity contribution is 8.00. The summed E-state index contributed by atoms with van der Waals surface area (Å²) in [6.45, 7) is 2.33. The Kier molecular flexibility index (Phi) is 4.82. The number of pyridine rings is 1. The van der Waals surface area contributed by atoms with Crippen LogP contribution >= 0.6 is 11.8 Å². The normalized spacial score (nSPS) is 19.2. The van der Waals surface area contributed by atoms with Crippen molar-refractivity contribution in [1.82, 2.24) is 10.3 Å². The molecule has 0 aliphatic carbocycles. The second-order valence-electron chi connectivity index (χ2n) is 4.01. The van der Waals surface area contributed by atoms with Gasteiger partial charge in [0.05, 0.1) is 12.4 Å². The molecule has 1 amide bonds. The topological polar surface area (TPSA) is 51.2 Å². The molecule has 0 spiro atoms. The zero-order chi connectivity index (χ0) is 11.9. The molecule has 0 radical (unpaired) electrons. The van der Waals surface area contributed by atoms with Gasteiger partial charge in [0.25, 0.3) is 0 Å². The highest BCUT2D eigenvalue weighted by Gasteiger charge is 2.16. The van der Waals surface area contributed by atoms with E-state index in [2.05, 4.69) is 10.3 Å². The number of carbonyl (C=O) groups is 1. The minimum Gasteiger partial charge on any atom is -0.381 e. The summed E-state index contributed by atoms with van der Waals surface area (Å²) in [7, 11) is 0. The smallest absolute Gasteiger partial charge is 0.230 e. The van der Waals surface area contributed by atoms with Gasteiger partial charge in [0.15, 0.2) is 0 Å². The number of nitrogens with one attached hydrogen (secondary N) is 1. The van der Waals surface area contributed by atoms with Crippen LogP contribution in [0.4, 0.5) is 0 Å². The molecule has 1 atom stereocenters. The number of ether oxygens (including phenoxy) is 1. The molecule has 1 aromatic heterocycles. The fourth-order valence-corrected chi connectivity index (χ4v) is 2.35. The molecule has 2 heterocycles. The maximum Gasteiger partial charge on any atom is 0.230 e. The van der Waals surface area contributed by atoms with Gasteiger partial charge in [0.2, 0.25) is 5.91 Å². The average Bonchev–Trinajstić information content (AvgIpc) is 2.88. The number of thioether (sulfide) groups is 1. The Hall–Kier alpha value is -1.07. The zero-order valence-corrected chi connectivity index (χ0v) is 10.4. The second kappa shape index (κ2) is 6.61. The van der Waals surface area contributed by atoms with E-state index in [1.807, 2.05) is 12.1 Å². The van der Waals surface area contributed by atoms with Gasteiger partial charge < -0.3 is 10.1 Å². The Morgan fingerprint density at radius 3 is 3.06 bits per heavy atom. The highest BCUT2D eigenvalue weighted by atomic mass is 32.2. The number of amides is 1. The number of nitrogens with zero attached hydrogens (tertiary/aromatic N) is 1. The maximum atomic E-state index is 11.6. The molecule has 1 saturated heterocycles. The summed E-state index contributed by atoms with van der Waals surface area (Å²) in [6, 6.07) is 3.81. The van der Waals surface area contributed by atoms with Crippen LogP contribution in [0.3, 0.4) is 0 Å². The zero-order valence-electron chi connectivity index (χ0n) is 9.59. The van der Waals surface area contributed by atoms with Gasteiger partial charge in [-0.2, -0.15) is 0 Å². The van der Waals surface area contributed by atoms with Gasteiger partial charge in [0.1, 0.15) is 0 Å². The first-order valence-corrected chi connectivity index (χ1v) is 6.70. The van der Waals surface area contributed by atoms with Gasteiger partial charge in [-0.1, -0.05) is 0 Å². The Labute approximate surface area is 105 Å². The van der Waals surface area contributed by atoms with Crippen LogP contribution in [0.5, 0.6) is 0 Å². The number of hydrogen-bond acceptors (Lipinski definition) is 4. The number of aromatic nitrogens is 1. The van der Waals surface area contributed by atoms with Crippen molar-refractivity contribution in [2.45, 2.75) is 11.3 Å². The predicted octanol–water partition coefficient (Wildman–Crippen LogP) is 1.33. The molecule has 4 nitrogen and oxygen atoms in total. The van der Waals surface area contributed by atoms with Crippen molar-refractivity contribution in [3.05, 3.63) is 24.5 Å². The number of hydrogen-bond donors (Lipinski definition) is 1. The van der Waals surface area contributed by atoms with E-state index in [-0.39, 0.29) is 5.91 Å². The molecule has 0 bridgehead atoms. The first-order chi connectivity index (χ1) is 8.34. The van der Waals surface area contributed by atoms with E-state index in [4.69, 9.17) is 4.74 Å². The van der Waals surface area contributed by atoms with Crippen LogP contribution in [0.2, 0.25) is 0 Å². The van der Waals surface area contributed by atoms with Crippen LogP contribution < -0.4 is 5.32 Å². The lowest BCUT2D eigenvalue weighted by Crippen LogP contribution is -2.30. The average molecular weight is 252 g/mol. The number of carbonyl (C=O) groups excluding carboxylic acids is 1. The van der Waals surface area contributed by atoms with Crippen LogP contribution in [0.25, 0.3) is 0 Å². The summed E-state index contributed by atoms with van der Waals surface area (Å²) in [5.74, 6) is 1.03. The van der Waals surface area contributed by atoms with Gasteiger partial charge in [-0.05, 0) is 18.6 Å². The summed E-state index contributed by atoms with van der Waals surface area (Å²) >= 11 is 1.53. The third kappa shape index (κ3) is 4.36. The van der Waals surface area contributed by atoms with Gasteiger partial charge in [-0.15, -0.1) is 11.8 Å². The molecule has 0 unspecified atom stereocenters. The molecule has 0 saturated carbocycles. The van der Waals surface area contributed by atoms with Gasteiger partial charge in [-0.25, -0.2) is 0 Å². The van der Waals surface area contributed by atoms with E-state index in [1.165, 1.54) is 11.8 Å². The van der Waals surface area contributed by atoms with E-state index in [0.717, 1.165) is 31.1 Å². The van der Waals surface area contributed by atoms with Crippen LogP contribution in [-0.4, -0.2) is 36.4 Å². The lowest BCUT2D eigenvalue weighted by molar-refractivity contribution is -0.118. The van der Waals surface area contributed by atoms with Crippen molar-refractivity contribution in [3.8, 4) is 0 Å². The van der Waals surface area contributed by atoms with Crippen molar-refractivity contribution in [1.29, 1.82) is 0 Å². The fourth-order valence-electron chi connectivity index (χ4n) is 1.64. The van der Waals surface area contributed by atoms with E-state index in [0.29, 0.717) is 11.7 Å². The molecule has 1 aliphatic rings. The van der Waals surface area contributed by atoms with Crippen LogP contribution in [0, 0.1) is 5.92 Å². The van der Waals surface area contributed by atoms with Crippen molar-refractivity contribution in [2.24, 2.45) is 5.92 Å². The molecule has 5 heteroatoms.